The third kappa shape index (κ3) is 3.94. The zero-order valence-corrected chi connectivity index (χ0v) is 20.1. The number of alkyl halides is 2. The molecule has 0 amide bonds. The number of benzene rings is 1. The summed E-state index contributed by atoms with van der Waals surface area (Å²) in [5.74, 6) is 0.680. The van der Waals surface area contributed by atoms with Gasteiger partial charge in [-0.1, -0.05) is 11.3 Å². The van der Waals surface area contributed by atoms with E-state index in [0.29, 0.717) is 55.1 Å². The summed E-state index contributed by atoms with van der Waals surface area (Å²) in [5.41, 5.74) is 3.83. The predicted octanol–water partition coefficient (Wildman–Crippen LogP) is 2.90. The first kappa shape index (κ1) is 23.0. The molecule has 2 fully saturated rings. The average Bonchev–Trinajstić information content (AvgIpc) is 3.47. The molecular formula is C24H28F2N8O2. The molecule has 3 aromatic heterocycles. The number of methoxy groups -OCH3 is 1. The van der Waals surface area contributed by atoms with Crippen LogP contribution in [0.3, 0.4) is 0 Å². The van der Waals surface area contributed by atoms with Crippen LogP contribution in [0.1, 0.15) is 19.4 Å². The summed E-state index contributed by atoms with van der Waals surface area (Å²) in [7, 11) is 1.55. The van der Waals surface area contributed by atoms with E-state index in [9.17, 15) is 8.78 Å². The fourth-order valence-electron chi connectivity index (χ4n) is 4.95. The fourth-order valence-corrected chi connectivity index (χ4v) is 4.95. The molecule has 0 radical (unpaired) electrons. The lowest BCUT2D eigenvalue weighted by atomic mass is 10.0. The zero-order chi connectivity index (χ0) is 24.8. The molecule has 2 saturated heterocycles. The molecule has 36 heavy (non-hydrogen) atoms. The molecule has 1 N–H and O–H groups in total. The Morgan fingerprint density at radius 2 is 2.14 bits per heavy atom. The molecule has 3 atom stereocenters. The fraction of sp³-hybridized carbons (Fsp3) is 0.500. The molecular weight excluding hydrogens is 470 g/mol. The highest BCUT2D eigenvalue weighted by molar-refractivity contribution is 5.89. The van der Waals surface area contributed by atoms with Gasteiger partial charge in [0.05, 0.1) is 44.0 Å². The van der Waals surface area contributed by atoms with Crippen molar-refractivity contribution in [2.75, 3.05) is 45.4 Å². The minimum atomic E-state index is -1.04. The molecule has 6 rings (SSSR count). The van der Waals surface area contributed by atoms with Crippen LogP contribution < -0.4 is 10.1 Å². The molecule has 5 heterocycles. The van der Waals surface area contributed by atoms with Crippen LogP contribution in [-0.4, -0.2) is 92.8 Å². The molecule has 0 aliphatic carbocycles. The van der Waals surface area contributed by atoms with Gasteiger partial charge in [-0.25, -0.2) is 18.0 Å². The number of aromatic nitrogens is 6. The highest BCUT2D eigenvalue weighted by Gasteiger charge is 2.35. The quantitative estimate of drug-likeness (QED) is 0.416. The minimum Gasteiger partial charge on any atom is -0.479 e. The molecule has 0 saturated carbocycles. The lowest BCUT2D eigenvalue weighted by molar-refractivity contribution is -0.0794. The molecule has 0 bridgehead atoms. The number of nitrogens with one attached hydrogen (secondary N) is 1. The van der Waals surface area contributed by atoms with Gasteiger partial charge in [0.2, 0.25) is 11.8 Å². The zero-order valence-electron chi connectivity index (χ0n) is 20.1. The van der Waals surface area contributed by atoms with E-state index in [0.717, 1.165) is 23.2 Å². The van der Waals surface area contributed by atoms with Gasteiger partial charge < -0.3 is 14.8 Å². The van der Waals surface area contributed by atoms with Gasteiger partial charge in [0.15, 0.2) is 0 Å². The Labute approximate surface area is 206 Å². The van der Waals surface area contributed by atoms with Crippen molar-refractivity contribution in [1.82, 2.24) is 34.5 Å². The first-order valence-corrected chi connectivity index (χ1v) is 12.1. The van der Waals surface area contributed by atoms with Gasteiger partial charge in [-0.3, -0.25) is 4.90 Å². The topological polar surface area (TPSA) is 94.6 Å². The normalized spacial score (nSPS) is 22.1. The number of hydrogen-bond donors (Lipinski definition) is 1. The number of hydrogen-bond acceptors (Lipinski definition) is 8. The third-order valence-corrected chi connectivity index (χ3v) is 7.12. The lowest BCUT2D eigenvalue weighted by Gasteiger charge is -2.42. The van der Waals surface area contributed by atoms with Gasteiger partial charge in [-0.05, 0) is 37.1 Å². The number of likely N-dealkylation sites (tertiary alicyclic amines) is 1. The average molecular weight is 499 g/mol. The van der Waals surface area contributed by atoms with E-state index in [1.54, 1.807) is 23.2 Å². The van der Waals surface area contributed by atoms with Crippen LogP contribution in [0.25, 0.3) is 27.7 Å². The highest BCUT2D eigenvalue weighted by Crippen LogP contribution is 2.33. The van der Waals surface area contributed by atoms with Crippen molar-refractivity contribution in [2.45, 2.75) is 37.6 Å². The third-order valence-electron chi connectivity index (χ3n) is 7.12. The molecule has 2 aliphatic heterocycles. The first-order valence-electron chi connectivity index (χ1n) is 12.1. The molecule has 12 heteroatoms. The maximum absolute atomic E-state index is 15.0. The largest absolute Gasteiger partial charge is 0.479 e. The van der Waals surface area contributed by atoms with Crippen LogP contribution in [0.2, 0.25) is 0 Å². The summed E-state index contributed by atoms with van der Waals surface area (Å²) in [6, 6.07) is 7.15. The Bertz CT molecular complexity index is 1390. The van der Waals surface area contributed by atoms with Crippen LogP contribution in [0.15, 0.2) is 30.5 Å². The van der Waals surface area contributed by atoms with Crippen molar-refractivity contribution in [3.05, 3.63) is 30.5 Å². The summed E-state index contributed by atoms with van der Waals surface area (Å²) in [5, 5.41) is 16.0. The molecule has 0 unspecified atom stereocenters. The van der Waals surface area contributed by atoms with E-state index >= 15 is 0 Å². The van der Waals surface area contributed by atoms with Gasteiger partial charge in [0.25, 0.3) is 0 Å². The van der Waals surface area contributed by atoms with E-state index < -0.39 is 18.9 Å². The number of fused-ring (bicyclic) bond motifs is 2. The van der Waals surface area contributed by atoms with Gasteiger partial charge in [-0.15, -0.1) is 10.2 Å². The Morgan fingerprint density at radius 1 is 1.28 bits per heavy atom. The van der Waals surface area contributed by atoms with Crippen LogP contribution in [0, 0.1) is 0 Å². The highest BCUT2D eigenvalue weighted by atomic mass is 19.1. The molecule has 10 nitrogen and oxygen atoms in total. The molecule has 190 valence electrons. The number of halogens is 2. The second-order valence-electron chi connectivity index (χ2n) is 9.45. The van der Waals surface area contributed by atoms with E-state index in [-0.39, 0.29) is 6.04 Å². The SMILES string of the molecule is COc1nc(N[C@H]2CCN(C3COC3)C[C@H]2F)nn2ccc(-c3ccc4nnn([C@H](C)CF)c4c3)c12. The van der Waals surface area contributed by atoms with E-state index in [4.69, 9.17) is 9.47 Å². The Kier molecular flexibility index (Phi) is 5.92. The Balaban J connectivity index is 1.29. The maximum Gasteiger partial charge on any atom is 0.244 e. The van der Waals surface area contributed by atoms with Crippen LogP contribution in [0.5, 0.6) is 5.88 Å². The van der Waals surface area contributed by atoms with Gasteiger partial charge >= 0.3 is 0 Å². The first-order chi connectivity index (χ1) is 17.6. The molecule has 1 aromatic carbocycles. The van der Waals surface area contributed by atoms with Crippen molar-refractivity contribution in [1.29, 1.82) is 0 Å². The van der Waals surface area contributed by atoms with Crippen molar-refractivity contribution in [3.8, 4) is 17.0 Å². The number of nitrogens with zero attached hydrogens (tertiary/aromatic N) is 7. The van der Waals surface area contributed by atoms with Gasteiger partial charge in [-0.2, -0.15) is 4.98 Å². The second kappa shape index (κ2) is 9.25. The van der Waals surface area contributed by atoms with Crippen molar-refractivity contribution in [2.24, 2.45) is 0 Å². The lowest BCUT2D eigenvalue weighted by Crippen LogP contribution is -2.57. The summed E-state index contributed by atoms with van der Waals surface area (Å²) in [4.78, 5) is 6.71. The van der Waals surface area contributed by atoms with E-state index in [1.807, 2.05) is 30.5 Å². The van der Waals surface area contributed by atoms with Crippen LogP contribution in [-0.2, 0) is 4.74 Å². The predicted molar refractivity (Wildman–Crippen MR) is 130 cm³/mol. The van der Waals surface area contributed by atoms with Crippen LogP contribution in [0.4, 0.5) is 14.7 Å². The standard InChI is InChI=1S/C24H28F2N8O2/c1-14(10-25)34-21-9-15(3-4-20(21)29-31-34)17-5-8-33-22(17)23(35-2)28-24(30-33)27-19-6-7-32(11-18(19)26)16-12-36-13-16/h3-5,8-9,14,16,18-19H,6-7,10-13H2,1-2H3,(H,27,30)/t14-,18-,19+/m1/s1. The minimum absolute atomic E-state index is 0.309. The second-order valence-corrected chi connectivity index (χ2v) is 9.45. The van der Waals surface area contributed by atoms with Gasteiger partial charge in [0.1, 0.15) is 23.9 Å². The Hall–Kier alpha value is -3.38. The van der Waals surface area contributed by atoms with Gasteiger partial charge in [0, 0.05) is 24.8 Å². The monoisotopic (exact) mass is 498 g/mol. The number of anilines is 1. The summed E-state index contributed by atoms with van der Waals surface area (Å²) < 4.78 is 42.4. The molecule has 4 aromatic rings. The molecule has 0 spiro atoms. The van der Waals surface area contributed by atoms with E-state index in [1.165, 1.54) is 0 Å². The van der Waals surface area contributed by atoms with E-state index in [2.05, 4.69) is 30.6 Å². The summed E-state index contributed by atoms with van der Waals surface area (Å²) in [6.45, 7) is 3.75. The number of piperidine rings is 1. The molecule has 2 aliphatic rings. The van der Waals surface area contributed by atoms with Crippen molar-refractivity contribution < 1.29 is 18.3 Å². The number of ether oxygens (including phenoxy) is 2. The Morgan fingerprint density at radius 3 is 2.86 bits per heavy atom. The maximum atomic E-state index is 15.0. The van der Waals surface area contributed by atoms with Crippen LogP contribution >= 0.6 is 0 Å². The summed E-state index contributed by atoms with van der Waals surface area (Å²) >= 11 is 0. The smallest absolute Gasteiger partial charge is 0.244 e. The summed E-state index contributed by atoms with van der Waals surface area (Å²) in [6.07, 6.45) is 1.43. The van der Waals surface area contributed by atoms with Crippen molar-refractivity contribution >= 4 is 22.5 Å². The van der Waals surface area contributed by atoms with Crippen molar-refractivity contribution in [3.63, 3.8) is 0 Å². The number of rotatable bonds is 7.